The number of carbonyl (C=O) groups is 1. The minimum atomic E-state index is -0.101. The summed E-state index contributed by atoms with van der Waals surface area (Å²) in [4.78, 5) is 33.6. The van der Waals surface area contributed by atoms with Crippen LogP contribution in [-0.4, -0.2) is 68.6 Å². The zero-order valence-corrected chi connectivity index (χ0v) is 19.1. The molecule has 2 aliphatic rings. The van der Waals surface area contributed by atoms with E-state index >= 15 is 0 Å². The Kier molecular flexibility index (Phi) is 5.90. The highest BCUT2D eigenvalue weighted by Gasteiger charge is 2.34. The summed E-state index contributed by atoms with van der Waals surface area (Å²) in [6.45, 7) is 3.15. The molecule has 33 heavy (non-hydrogen) atoms. The topological polar surface area (TPSA) is 117 Å². The van der Waals surface area contributed by atoms with Crippen molar-refractivity contribution in [2.45, 2.75) is 12.5 Å². The van der Waals surface area contributed by atoms with Crippen molar-refractivity contribution in [1.82, 2.24) is 35.3 Å². The summed E-state index contributed by atoms with van der Waals surface area (Å²) in [7, 11) is 2.64. The summed E-state index contributed by atoms with van der Waals surface area (Å²) >= 11 is 0. The van der Waals surface area contributed by atoms with Crippen LogP contribution in [0.5, 0.6) is 0 Å². The van der Waals surface area contributed by atoms with Gasteiger partial charge in [-0.05, 0) is 41.6 Å². The Balaban J connectivity index is 1.26. The second kappa shape index (κ2) is 9.14. The molecule has 1 aromatic carbocycles. The van der Waals surface area contributed by atoms with Gasteiger partial charge in [0.2, 0.25) is 5.95 Å². The number of nitrogens with one attached hydrogen (secondary N) is 2. The number of nitriles is 1. The standard InChI is InChI=1S/C22H24N9OP/c23-14-15-11-16(13-17(33)12-15)19-2-4-27-31(19)22(32)30-9-7-29(8-10-30)21-26-3-1-18(28-21)20-24-5-6-25-20/h1,3,5-6,11-13,19,27H,2,4,7-10,33H2,(H,24,25). The van der Waals surface area contributed by atoms with Crippen molar-refractivity contribution in [2.75, 3.05) is 37.6 Å². The van der Waals surface area contributed by atoms with Gasteiger partial charge in [0.1, 0.15) is 5.69 Å². The Morgan fingerprint density at radius 2 is 2.00 bits per heavy atom. The molecule has 0 bridgehead atoms. The molecular formula is C22H24N9OP. The van der Waals surface area contributed by atoms with Crippen LogP contribution in [-0.2, 0) is 0 Å². The van der Waals surface area contributed by atoms with Gasteiger partial charge in [-0.1, -0.05) is 0 Å². The number of rotatable bonds is 3. The van der Waals surface area contributed by atoms with E-state index in [1.165, 1.54) is 0 Å². The van der Waals surface area contributed by atoms with Crippen LogP contribution in [0.25, 0.3) is 11.5 Å². The van der Waals surface area contributed by atoms with E-state index in [9.17, 15) is 10.1 Å². The molecule has 2 atom stereocenters. The number of carbonyl (C=O) groups excluding carboxylic acids is 1. The molecule has 4 heterocycles. The van der Waals surface area contributed by atoms with Gasteiger partial charge in [-0.15, -0.1) is 9.24 Å². The van der Waals surface area contributed by atoms with Crippen molar-refractivity contribution in [2.24, 2.45) is 0 Å². The summed E-state index contributed by atoms with van der Waals surface area (Å²) in [6, 6.07) is 9.59. The zero-order valence-electron chi connectivity index (χ0n) is 18.0. The van der Waals surface area contributed by atoms with Gasteiger partial charge in [0, 0.05) is 51.3 Å². The number of hydrazine groups is 1. The number of urea groups is 1. The lowest BCUT2D eigenvalue weighted by Gasteiger charge is -2.38. The van der Waals surface area contributed by atoms with Crippen molar-refractivity contribution >= 4 is 26.5 Å². The molecule has 2 amide bonds. The number of hydrogen-bond donors (Lipinski definition) is 2. The minimum Gasteiger partial charge on any atom is -0.343 e. The number of aromatic nitrogens is 4. The Morgan fingerprint density at radius 1 is 1.15 bits per heavy atom. The third kappa shape index (κ3) is 4.38. The molecule has 0 spiro atoms. The van der Waals surface area contributed by atoms with E-state index in [4.69, 9.17) is 0 Å². The third-order valence-electron chi connectivity index (χ3n) is 5.93. The van der Waals surface area contributed by atoms with Crippen molar-refractivity contribution in [3.8, 4) is 17.6 Å². The van der Waals surface area contributed by atoms with Crippen LogP contribution in [0.15, 0.2) is 42.9 Å². The van der Waals surface area contributed by atoms with E-state index in [-0.39, 0.29) is 12.1 Å². The molecule has 0 aliphatic carbocycles. The van der Waals surface area contributed by atoms with Crippen molar-refractivity contribution in [3.05, 3.63) is 54.0 Å². The van der Waals surface area contributed by atoms with Gasteiger partial charge in [-0.2, -0.15) is 5.26 Å². The summed E-state index contributed by atoms with van der Waals surface area (Å²) < 4.78 is 0. The highest BCUT2D eigenvalue weighted by Crippen LogP contribution is 2.29. The average Bonchev–Trinajstić information content (AvgIpc) is 3.56. The summed E-state index contributed by atoms with van der Waals surface area (Å²) in [5.41, 5.74) is 5.54. The van der Waals surface area contributed by atoms with Gasteiger partial charge in [-0.25, -0.2) is 25.2 Å². The second-order valence-electron chi connectivity index (χ2n) is 8.02. The first kappa shape index (κ1) is 21.3. The van der Waals surface area contributed by atoms with Gasteiger partial charge in [0.25, 0.3) is 0 Å². The van der Waals surface area contributed by atoms with Crippen molar-refractivity contribution < 1.29 is 4.79 Å². The van der Waals surface area contributed by atoms with Crippen LogP contribution in [0.2, 0.25) is 0 Å². The molecule has 0 saturated carbocycles. The normalized spacial score (nSPS) is 18.4. The number of nitrogens with zero attached hydrogens (tertiary/aromatic N) is 7. The fourth-order valence-electron chi connectivity index (χ4n) is 4.30. The maximum absolute atomic E-state index is 13.3. The van der Waals surface area contributed by atoms with Crippen LogP contribution < -0.4 is 15.6 Å². The number of aromatic amines is 1. The molecule has 2 aliphatic heterocycles. The predicted molar refractivity (Wildman–Crippen MR) is 126 cm³/mol. The van der Waals surface area contributed by atoms with Crippen LogP contribution in [0.4, 0.5) is 10.7 Å². The molecular weight excluding hydrogens is 437 g/mol. The number of benzene rings is 1. The highest BCUT2D eigenvalue weighted by molar-refractivity contribution is 7.27. The molecule has 2 N–H and O–H groups in total. The average molecular weight is 461 g/mol. The molecule has 2 saturated heterocycles. The highest BCUT2D eigenvalue weighted by atomic mass is 31.0. The smallest absolute Gasteiger partial charge is 0.335 e. The maximum atomic E-state index is 13.3. The minimum absolute atomic E-state index is 0.0462. The lowest BCUT2D eigenvalue weighted by Crippen LogP contribution is -2.55. The largest absolute Gasteiger partial charge is 0.343 e. The van der Waals surface area contributed by atoms with Crippen LogP contribution in [0.1, 0.15) is 23.6 Å². The van der Waals surface area contributed by atoms with Gasteiger partial charge in [0.15, 0.2) is 5.82 Å². The molecule has 11 heteroatoms. The number of hydrogen-bond acceptors (Lipinski definition) is 7. The summed E-state index contributed by atoms with van der Waals surface area (Å²) in [5.74, 6) is 1.34. The Bertz CT molecular complexity index is 1180. The van der Waals surface area contributed by atoms with Gasteiger partial charge in [-0.3, -0.25) is 5.01 Å². The third-order valence-corrected chi connectivity index (χ3v) is 6.26. The Labute approximate surface area is 193 Å². The fourth-order valence-corrected chi connectivity index (χ4v) is 4.67. The predicted octanol–water partition coefficient (Wildman–Crippen LogP) is 1.43. The van der Waals surface area contributed by atoms with E-state index in [0.29, 0.717) is 50.1 Å². The molecule has 5 rings (SSSR count). The SMILES string of the molecule is N#Cc1cc(P)cc(C2CCNN2C(=O)N2CCN(c3nccc(-c4ncc[nH]4)n3)CC2)c1. The van der Waals surface area contributed by atoms with Crippen molar-refractivity contribution in [3.63, 3.8) is 0 Å². The summed E-state index contributed by atoms with van der Waals surface area (Å²) in [6.07, 6.45) is 5.99. The Morgan fingerprint density at radius 3 is 2.76 bits per heavy atom. The Hall–Kier alpha value is -3.54. The lowest BCUT2D eigenvalue weighted by atomic mass is 10.0. The first-order valence-electron chi connectivity index (χ1n) is 10.8. The first-order chi connectivity index (χ1) is 16.1. The first-order valence-corrected chi connectivity index (χ1v) is 11.4. The number of piperazine rings is 1. The molecule has 2 fully saturated rings. The molecule has 0 radical (unpaired) electrons. The van der Waals surface area contributed by atoms with E-state index in [2.05, 4.69) is 45.6 Å². The van der Waals surface area contributed by atoms with Crippen LogP contribution in [0.3, 0.4) is 0 Å². The number of H-pyrrole nitrogens is 1. The van der Waals surface area contributed by atoms with Gasteiger partial charge < -0.3 is 14.8 Å². The van der Waals surface area contributed by atoms with Gasteiger partial charge >= 0.3 is 6.03 Å². The molecule has 10 nitrogen and oxygen atoms in total. The maximum Gasteiger partial charge on any atom is 0.335 e. The number of amides is 2. The molecule has 168 valence electrons. The second-order valence-corrected chi connectivity index (χ2v) is 8.69. The number of anilines is 1. The molecule has 2 aromatic heterocycles. The monoisotopic (exact) mass is 461 g/mol. The summed E-state index contributed by atoms with van der Waals surface area (Å²) in [5, 5.41) is 12.0. The van der Waals surface area contributed by atoms with E-state index < -0.39 is 0 Å². The van der Waals surface area contributed by atoms with Crippen LogP contribution >= 0.6 is 9.24 Å². The lowest BCUT2D eigenvalue weighted by molar-refractivity contribution is 0.125. The van der Waals surface area contributed by atoms with E-state index in [1.54, 1.807) is 23.6 Å². The van der Waals surface area contributed by atoms with E-state index in [0.717, 1.165) is 23.0 Å². The quantitative estimate of drug-likeness (QED) is 0.567. The molecule has 3 aromatic rings. The number of imidazole rings is 1. The van der Waals surface area contributed by atoms with Crippen LogP contribution in [0, 0.1) is 11.3 Å². The molecule has 2 unspecified atom stereocenters. The van der Waals surface area contributed by atoms with E-state index in [1.807, 2.05) is 29.2 Å². The van der Waals surface area contributed by atoms with Gasteiger partial charge in [0.05, 0.1) is 17.7 Å². The zero-order chi connectivity index (χ0) is 22.8. The fraction of sp³-hybridized carbons (Fsp3) is 0.318. The van der Waals surface area contributed by atoms with Crippen molar-refractivity contribution in [1.29, 1.82) is 5.26 Å².